The number of fused-ring (bicyclic) bond motifs is 5. The number of nitrogens with zero attached hydrogens (tertiary/aromatic N) is 1. The number of rotatable bonds is 1. The van der Waals surface area contributed by atoms with Crippen LogP contribution in [0, 0.1) is 17.8 Å². The van der Waals surface area contributed by atoms with Crippen LogP contribution in [0.3, 0.4) is 0 Å². The Balaban J connectivity index is 1.89. The highest BCUT2D eigenvalue weighted by Crippen LogP contribution is 2.59. The average Bonchev–Trinajstić information content (AvgIpc) is 2.93. The lowest BCUT2D eigenvalue weighted by Gasteiger charge is -2.41. The third-order valence-electron chi connectivity index (χ3n) is 5.73. The molecule has 1 heterocycles. The predicted molar refractivity (Wildman–Crippen MR) is 93.2 cm³/mol. The molecule has 0 radical (unpaired) electrons. The molecule has 1 fully saturated rings. The normalized spacial score (nSPS) is 36.6. The van der Waals surface area contributed by atoms with E-state index in [0.717, 1.165) is 11.8 Å². The van der Waals surface area contributed by atoms with Gasteiger partial charge in [-0.15, -0.1) is 0 Å². The van der Waals surface area contributed by atoms with E-state index in [9.17, 15) is 0 Å². The molecule has 0 saturated heterocycles. The zero-order valence-electron chi connectivity index (χ0n) is 13.5. The standard InChI is InChI=1S/C19H25NSi/c1-13-14-9-5-6-10-15(14)18-16-11-7-8-12-17(16)20(19(13)18)21(2,3)4/h5-15,18-19H,1-4H3. The summed E-state index contributed by atoms with van der Waals surface area (Å²) in [5.41, 5.74) is 3.13. The van der Waals surface area contributed by atoms with Crippen LogP contribution in [0.25, 0.3) is 0 Å². The first-order chi connectivity index (χ1) is 10.00. The van der Waals surface area contributed by atoms with Gasteiger partial charge in [-0.1, -0.05) is 69.1 Å². The predicted octanol–water partition coefficient (Wildman–Crippen LogP) is 4.80. The Morgan fingerprint density at radius 2 is 1.62 bits per heavy atom. The van der Waals surface area contributed by atoms with Gasteiger partial charge in [0.15, 0.2) is 0 Å². The summed E-state index contributed by atoms with van der Waals surface area (Å²) in [6.07, 6.45) is 9.44. The number of benzene rings is 1. The molecule has 5 unspecified atom stereocenters. The fraction of sp³-hybridized carbons (Fsp3) is 0.474. The van der Waals surface area contributed by atoms with Gasteiger partial charge in [-0.25, -0.2) is 0 Å². The summed E-state index contributed by atoms with van der Waals surface area (Å²) in [5.74, 6) is 2.84. The van der Waals surface area contributed by atoms with Gasteiger partial charge < -0.3 is 4.57 Å². The molecule has 1 aromatic rings. The highest BCUT2D eigenvalue weighted by atomic mass is 28.3. The topological polar surface area (TPSA) is 3.24 Å². The Kier molecular flexibility index (Phi) is 2.78. The second-order valence-electron chi connectivity index (χ2n) is 7.90. The van der Waals surface area contributed by atoms with Crippen LogP contribution < -0.4 is 4.57 Å². The smallest absolute Gasteiger partial charge is 0.147 e. The van der Waals surface area contributed by atoms with Crippen LogP contribution in [-0.2, 0) is 0 Å². The minimum absolute atomic E-state index is 0.689. The Hall–Kier alpha value is -1.28. The van der Waals surface area contributed by atoms with Crippen molar-refractivity contribution in [1.82, 2.24) is 0 Å². The molecule has 1 nitrogen and oxygen atoms in total. The van der Waals surface area contributed by atoms with Crippen LogP contribution in [-0.4, -0.2) is 14.3 Å². The molecule has 4 rings (SSSR count). The number of hydrogen-bond donors (Lipinski definition) is 0. The summed E-state index contributed by atoms with van der Waals surface area (Å²) in [4.78, 5) is 0. The Bertz CT molecular complexity index is 625. The summed E-state index contributed by atoms with van der Waals surface area (Å²) >= 11 is 0. The number of anilines is 1. The quantitative estimate of drug-likeness (QED) is 0.673. The molecular weight excluding hydrogens is 270 g/mol. The van der Waals surface area contributed by atoms with Gasteiger partial charge >= 0.3 is 0 Å². The van der Waals surface area contributed by atoms with Gasteiger partial charge in [0, 0.05) is 17.6 Å². The SMILES string of the molecule is CC1C2C=CC=CC2C2c3ccccc3N([Si](C)(C)C)C12. The molecule has 3 aliphatic rings. The number of para-hydroxylation sites is 1. The second kappa shape index (κ2) is 4.36. The van der Waals surface area contributed by atoms with Crippen LogP contribution in [0.4, 0.5) is 5.69 Å². The van der Waals surface area contributed by atoms with Crippen LogP contribution >= 0.6 is 0 Å². The minimum Gasteiger partial charge on any atom is -0.394 e. The monoisotopic (exact) mass is 295 g/mol. The van der Waals surface area contributed by atoms with Crippen LogP contribution in [0.1, 0.15) is 18.4 Å². The zero-order chi connectivity index (χ0) is 14.8. The first kappa shape index (κ1) is 13.4. The second-order valence-corrected chi connectivity index (χ2v) is 12.7. The Morgan fingerprint density at radius 1 is 0.952 bits per heavy atom. The van der Waals surface area contributed by atoms with E-state index in [0.29, 0.717) is 17.9 Å². The third kappa shape index (κ3) is 1.75. The molecule has 1 aromatic carbocycles. The largest absolute Gasteiger partial charge is 0.394 e. The number of hydrogen-bond acceptors (Lipinski definition) is 1. The molecule has 110 valence electrons. The molecule has 2 heteroatoms. The van der Waals surface area contributed by atoms with Crippen molar-refractivity contribution in [2.75, 3.05) is 4.57 Å². The highest BCUT2D eigenvalue weighted by Gasteiger charge is 2.56. The maximum Gasteiger partial charge on any atom is 0.147 e. The van der Waals surface area contributed by atoms with Crippen molar-refractivity contribution in [2.24, 2.45) is 17.8 Å². The minimum atomic E-state index is -1.38. The first-order valence-corrected chi connectivity index (χ1v) is 11.7. The fourth-order valence-electron chi connectivity index (χ4n) is 5.05. The highest BCUT2D eigenvalue weighted by molar-refractivity contribution is 6.80. The Morgan fingerprint density at radius 3 is 2.33 bits per heavy atom. The molecule has 21 heavy (non-hydrogen) atoms. The molecule has 0 amide bonds. The van der Waals surface area contributed by atoms with Gasteiger partial charge in [0.25, 0.3) is 0 Å². The molecule has 0 spiro atoms. The summed E-state index contributed by atoms with van der Waals surface area (Å²) < 4.78 is 2.84. The van der Waals surface area contributed by atoms with Crippen molar-refractivity contribution in [1.29, 1.82) is 0 Å². The van der Waals surface area contributed by atoms with E-state index in [1.165, 1.54) is 5.69 Å². The van der Waals surface area contributed by atoms with E-state index in [1.807, 2.05) is 0 Å². The van der Waals surface area contributed by atoms with E-state index in [2.05, 4.69) is 79.7 Å². The van der Waals surface area contributed by atoms with E-state index in [-0.39, 0.29) is 0 Å². The van der Waals surface area contributed by atoms with Crippen LogP contribution in [0.5, 0.6) is 0 Å². The van der Waals surface area contributed by atoms with Gasteiger partial charge in [-0.3, -0.25) is 0 Å². The lowest BCUT2D eigenvalue weighted by Crippen LogP contribution is -2.52. The number of allylic oxidation sites excluding steroid dienone is 4. The average molecular weight is 296 g/mol. The van der Waals surface area contributed by atoms with Crippen molar-refractivity contribution in [2.45, 2.75) is 38.5 Å². The maximum absolute atomic E-state index is 2.84. The van der Waals surface area contributed by atoms with Crippen molar-refractivity contribution < 1.29 is 0 Å². The molecule has 0 bridgehead atoms. The summed E-state index contributed by atoms with van der Waals surface area (Å²) in [5, 5.41) is 0. The maximum atomic E-state index is 2.84. The lowest BCUT2D eigenvalue weighted by atomic mass is 9.82. The zero-order valence-corrected chi connectivity index (χ0v) is 14.5. The Labute approximate surface area is 129 Å². The van der Waals surface area contributed by atoms with Crippen molar-refractivity contribution >= 4 is 13.9 Å². The van der Waals surface area contributed by atoms with Gasteiger partial charge in [-0.05, 0) is 29.4 Å². The van der Waals surface area contributed by atoms with Gasteiger partial charge in [0.1, 0.15) is 8.24 Å². The summed E-state index contributed by atoms with van der Waals surface area (Å²) in [6, 6.07) is 9.87. The van der Waals surface area contributed by atoms with E-state index >= 15 is 0 Å². The van der Waals surface area contributed by atoms with Gasteiger partial charge in [0.05, 0.1) is 0 Å². The third-order valence-corrected chi connectivity index (χ3v) is 7.71. The molecule has 2 aliphatic carbocycles. The fourth-order valence-corrected chi connectivity index (χ4v) is 7.27. The van der Waals surface area contributed by atoms with E-state index < -0.39 is 8.24 Å². The molecule has 5 atom stereocenters. The van der Waals surface area contributed by atoms with Crippen molar-refractivity contribution in [3.05, 3.63) is 54.1 Å². The molecule has 0 N–H and O–H groups in total. The van der Waals surface area contributed by atoms with Crippen molar-refractivity contribution in [3.8, 4) is 0 Å². The molecule has 0 aromatic heterocycles. The van der Waals surface area contributed by atoms with Gasteiger partial charge in [-0.2, -0.15) is 0 Å². The summed E-state index contributed by atoms with van der Waals surface area (Å²) in [6.45, 7) is 9.95. The van der Waals surface area contributed by atoms with E-state index in [4.69, 9.17) is 0 Å². The van der Waals surface area contributed by atoms with Crippen LogP contribution in [0.15, 0.2) is 48.6 Å². The van der Waals surface area contributed by atoms with Crippen molar-refractivity contribution in [3.63, 3.8) is 0 Å². The first-order valence-electron chi connectivity index (χ1n) is 8.23. The van der Waals surface area contributed by atoms with E-state index in [1.54, 1.807) is 5.56 Å². The molecule has 1 saturated carbocycles. The lowest BCUT2D eigenvalue weighted by molar-refractivity contribution is 0.428. The molecular formula is C19H25NSi. The summed E-state index contributed by atoms with van der Waals surface area (Å²) in [7, 11) is -1.38. The van der Waals surface area contributed by atoms with Crippen LogP contribution in [0.2, 0.25) is 19.6 Å². The van der Waals surface area contributed by atoms with Gasteiger partial charge in [0.2, 0.25) is 0 Å². The molecule has 1 aliphatic heterocycles.